The molecule has 3 rings (SSSR count). The minimum atomic E-state index is -3.72. The maximum absolute atomic E-state index is 12.7. The van der Waals surface area contributed by atoms with Crippen LogP contribution in [0.1, 0.15) is 20.8 Å². The van der Waals surface area contributed by atoms with Crippen molar-refractivity contribution < 1.29 is 13.2 Å². The van der Waals surface area contributed by atoms with Crippen molar-refractivity contribution in [2.24, 2.45) is 0 Å². The van der Waals surface area contributed by atoms with Crippen molar-refractivity contribution in [3.8, 4) is 0 Å². The first-order valence-corrected chi connectivity index (χ1v) is 11.6. The Kier molecular flexibility index (Phi) is 6.66. The van der Waals surface area contributed by atoms with E-state index in [0.717, 1.165) is 14.2 Å². The zero-order valence-electron chi connectivity index (χ0n) is 15.1. The molecule has 1 heterocycles. The standard InChI is InChI=1S/C20H19BrN2O3S2/c1-23(14-17-10-11-19(21)27-17)20(24)16-8-5-9-18(12-16)28(25,26)22-13-15-6-3-2-4-7-15/h2-12,22H,13-14H2,1H3. The summed E-state index contributed by atoms with van der Waals surface area (Å²) in [7, 11) is -2.02. The lowest BCUT2D eigenvalue weighted by Gasteiger charge is -2.17. The van der Waals surface area contributed by atoms with Gasteiger partial charge in [0.1, 0.15) is 0 Å². The summed E-state index contributed by atoms with van der Waals surface area (Å²) >= 11 is 4.97. The molecule has 0 aliphatic rings. The van der Waals surface area contributed by atoms with E-state index in [1.807, 2.05) is 42.5 Å². The number of thiophene rings is 1. The molecule has 1 amide bonds. The lowest BCUT2D eigenvalue weighted by atomic mass is 10.2. The van der Waals surface area contributed by atoms with Crippen molar-refractivity contribution in [3.63, 3.8) is 0 Å². The predicted octanol–water partition coefficient (Wildman–Crippen LogP) is 4.26. The topological polar surface area (TPSA) is 66.5 Å². The largest absolute Gasteiger partial charge is 0.337 e. The predicted molar refractivity (Wildman–Crippen MR) is 115 cm³/mol. The lowest BCUT2D eigenvalue weighted by molar-refractivity contribution is 0.0786. The van der Waals surface area contributed by atoms with E-state index >= 15 is 0 Å². The van der Waals surface area contributed by atoms with Gasteiger partial charge in [-0.25, -0.2) is 13.1 Å². The average Bonchev–Trinajstić information content (AvgIpc) is 3.11. The number of hydrogen-bond acceptors (Lipinski definition) is 4. The Morgan fingerprint density at radius 1 is 1.07 bits per heavy atom. The highest BCUT2D eigenvalue weighted by atomic mass is 79.9. The molecule has 0 aliphatic carbocycles. The quantitative estimate of drug-likeness (QED) is 0.551. The second-order valence-electron chi connectivity index (χ2n) is 6.21. The Morgan fingerprint density at radius 3 is 2.50 bits per heavy atom. The molecule has 0 unspecified atom stereocenters. The second kappa shape index (κ2) is 9.00. The van der Waals surface area contributed by atoms with Crippen LogP contribution in [0.3, 0.4) is 0 Å². The monoisotopic (exact) mass is 478 g/mol. The van der Waals surface area contributed by atoms with Gasteiger partial charge in [-0.05, 0) is 51.8 Å². The molecule has 5 nitrogen and oxygen atoms in total. The van der Waals surface area contributed by atoms with Crippen molar-refractivity contribution in [2.45, 2.75) is 18.0 Å². The number of carbonyl (C=O) groups excluding carboxylic acids is 1. The van der Waals surface area contributed by atoms with Gasteiger partial charge in [0.25, 0.3) is 5.91 Å². The fraction of sp³-hybridized carbons (Fsp3) is 0.150. The number of sulfonamides is 1. The minimum Gasteiger partial charge on any atom is -0.337 e. The molecule has 1 aromatic heterocycles. The Bertz CT molecular complexity index is 1070. The van der Waals surface area contributed by atoms with Crippen LogP contribution in [-0.2, 0) is 23.1 Å². The summed E-state index contributed by atoms with van der Waals surface area (Å²) in [5.74, 6) is -0.232. The molecule has 0 saturated carbocycles. The van der Waals surface area contributed by atoms with Gasteiger partial charge in [0.05, 0.1) is 15.2 Å². The molecule has 146 valence electrons. The summed E-state index contributed by atoms with van der Waals surface area (Å²) < 4.78 is 28.8. The van der Waals surface area contributed by atoms with E-state index in [1.165, 1.54) is 12.1 Å². The number of rotatable bonds is 7. The van der Waals surface area contributed by atoms with Crippen molar-refractivity contribution in [1.82, 2.24) is 9.62 Å². The van der Waals surface area contributed by atoms with Crippen LogP contribution in [0.15, 0.2) is 75.4 Å². The molecule has 0 fully saturated rings. The lowest BCUT2D eigenvalue weighted by Crippen LogP contribution is -2.27. The van der Waals surface area contributed by atoms with Crippen LogP contribution in [-0.4, -0.2) is 26.3 Å². The number of nitrogens with zero attached hydrogens (tertiary/aromatic N) is 1. The minimum absolute atomic E-state index is 0.0709. The van der Waals surface area contributed by atoms with E-state index in [4.69, 9.17) is 0 Å². The Labute approximate surface area is 177 Å². The zero-order valence-corrected chi connectivity index (χ0v) is 18.4. The second-order valence-corrected chi connectivity index (χ2v) is 10.5. The van der Waals surface area contributed by atoms with Gasteiger partial charge >= 0.3 is 0 Å². The highest BCUT2D eigenvalue weighted by molar-refractivity contribution is 9.11. The van der Waals surface area contributed by atoms with Crippen molar-refractivity contribution in [3.05, 3.63) is 86.5 Å². The fourth-order valence-corrected chi connectivity index (χ4v) is 5.22. The molecule has 1 N–H and O–H groups in total. The Hall–Kier alpha value is -2.00. The summed E-state index contributed by atoms with van der Waals surface area (Å²) in [4.78, 5) is 15.4. The average molecular weight is 479 g/mol. The maximum Gasteiger partial charge on any atom is 0.253 e. The van der Waals surface area contributed by atoms with E-state index in [1.54, 1.807) is 35.4 Å². The van der Waals surface area contributed by atoms with Crippen molar-refractivity contribution >= 4 is 43.2 Å². The third kappa shape index (κ3) is 5.29. The van der Waals surface area contributed by atoms with Crippen LogP contribution in [0.25, 0.3) is 0 Å². The number of benzene rings is 2. The molecule has 0 atom stereocenters. The fourth-order valence-electron chi connectivity index (χ4n) is 2.62. The van der Waals surface area contributed by atoms with Crippen LogP contribution in [0, 0.1) is 0 Å². The Balaban J connectivity index is 1.72. The van der Waals surface area contributed by atoms with E-state index in [0.29, 0.717) is 12.1 Å². The van der Waals surface area contributed by atoms with Gasteiger partial charge in [0.2, 0.25) is 10.0 Å². The first kappa shape index (κ1) is 20.7. The third-order valence-electron chi connectivity index (χ3n) is 4.07. The SMILES string of the molecule is CN(Cc1ccc(Br)s1)C(=O)c1cccc(S(=O)(=O)NCc2ccccc2)c1. The molecular weight excluding hydrogens is 460 g/mol. The van der Waals surface area contributed by atoms with Crippen LogP contribution in [0.5, 0.6) is 0 Å². The van der Waals surface area contributed by atoms with Crippen molar-refractivity contribution in [2.75, 3.05) is 7.05 Å². The third-order valence-corrected chi connectivity index (χ3v) is 7.08. The highest BCUT2D eigenvalue weighted by Crippen LogP contribution is 2.23. The molecular formula is C20H19BrN2O3S2. The molecule has 28 heavy (non-hydrogen) atoms. The maximum atomic E-state index is 12.7. The van der Waals surface area contributed by atoms with Crippen LogP contribution in [0.4, 0.5) is 0 Å². The van der Waals surface area contributed by atoms with E-state index in [-0.39, 0.29) is 17.3 Å². The molecule has 0 spiro atoms. The van der Waals surface area contributed by atoms with E-state index in [2.05, 4.69) is 20.7 Å². The Morgan fingerprint density at radius 2 is 1.82 bits per heavy atom. The van der Waals surface area contributed by atoms with Crippen LogP contribution >= 0.6 is 27.3 Å². The number of hydrogen-bond donors (Lipinski definition) is 1. The molecule has 0 aliphatic heterocycles. The van der Waals surface area contributed by atoms with Crippen LogP contribution < -0.4 is 4.72 Å². The van der Waals surface area contributed by atoms with Crippen LogP contribution in [0.2, 0.25) is 0 Å². The molecule has 0 radical (unpaired) electrons. The summed E-state index contributed by atoms with van der Waals surface area (Å²) in [6, 6.07) is 19.3. The molecule has 0 bridgehead atoms. The summed E-state index contributed by atoms with van der Waals surface area (Å²) in [5, 5.41) is 0. The summed E-state index contributed by atoms with van der Waals surface area (Å²) in [6.45, 7) is 0.646. The summed E-state index contributed by atoms with van der Waals surface area (Å²) in [6.07, 6.45) is 0. The van der Waals surface area contributed by atoms with Gasteiger partial charge in [-0.1, -0.05) is 36.4 Å². The highest BCUT2D eigenvalue weighted by Gasteiger charge is 2.18. The number of nitrogens with one attached hydrogen (secondary N) is 1. The smallest absolute Gasteiger partial charge is 0.253 e. The van der Waals surface area contributed by atoms with Gasteiger partial charge < -0.3 is 4.90 Å². The van der Waals surface area contributed by atoms with Gasteiger partial charge in [-0.3, -0.25) is 4.79 Å². The normalized spacial score (nSPS) is 11.4. The van der Waals surface area contributed by atoms with Crippen molar-refractivity contribution in [1.29, 1.82) is 0 Å². The molecule has 3 aromatic rings. The molecule has 2 aromatic carbocycles. The number of amides is 1. The summed E-state index contributed by atoms with van der Waals surface area (Å²) in [5.41, 5.74) is 1.20. The van der Waals surface area contributed by atoms with E-state index < -0.39 is 10.0 Å². The number of carbonyl (C=O) groups is 1. The van der Waals surface area contributed by atoms with E-state index in [9.17, 15) is 13.2 Å². The van der Waals surface area contributed by atoms with Gasteiger partial charge in [0, 0.05) is 24.0 Å². The first-order chi connectivity index (χ1) is 13.3. The first-order valence-electron chi connectivity index (χ1n) is 8.48. The van der Waals surface area contributed by atoms with Gasteiger partial charge in [0.15, 0.2) is 0 Å². The number of halogens is 1. The molecule has 8 heteroatoms. The van der Waals surface area contributed by atoms with Gasteiger partial charge in [-0.15, -0.1) is 11.3 Å². The zero-order chi connectivity index (χ0) is 20.1. The van der Waals surface area contributed by atoms with Gasteiger partial charge in [-0.2, -0.15) is 0 Å². The molecule has 0 saturated heterocycles.